The lowest BCUT2D eigenvalue weighted by Gasteiger charge is -2.08. The largest absolute Gasteiger partial charge is 0.489 e. The van der Waals surface area contributed by atoms with E-state index in [-0.39, 0.29) is 5.91 Å². The van der Waals surface area contributed by atoms with Gasteiger partial charge in [0, 0.05) is 6.54 Å². The van der Waals surface area contributed by atoms with E-state index in [1.54, 1.807) is 0 Å². The zero-order valence-corrected chi connectivity index (χ0v) is 11.8. The van der Waals surface area contributed by atoms with Gasteiger partial charge in [-0.1, -0.05) is 42.5 Å². The molecule has 0 bridgehead atoms. The van der Waals surface area contributed by atoms with Gasteiger partial charge in [-0.05, 0) is 29.7 Å². The van der Waals surface area contributed by atoms with E-state index in [0.29, 0.717) is 13.2 Å². The molecule has 0 fully saturated rings. The van der Waals surface area contributed by atoms with Crippen LogP contribution in [0.2, 0.25) is 0 Å². The summed E-state index contributed by atoms with van der Waals surface area (Å²) in [4.78, 5) is 10.9. The number of hydrogen-bond donors (Lipinski definition) is 2. The van der Waals surface area contributed by atoms with Gasteiger partial charge in [0.1, 0.15) is 19.0 Å². The van der Waals surface area contributed by atoms with E-state index in [9.17, 15) is 4.79 Å². The monoisotopic (exact) mass is 285 g/mol. The number of hydrogen-bond acceptors (Lipinski definition) is 3. The van der Waals surface area contributed by atoms with Gasteiger partial charge in [0.05, 0.1) is 0 Å². The maximum absolute atomic E-state index is 10.9. The molecule has 0 aliphatic rings. The van der Waals surface area contributed by atoms with Crippen LogP contribution in [0.4, 0.5) is 0 Å². The molecule has 2 aromatic carbocycles. The molecule has 21 heavy (non-hydrogen) atoms. The van der Waals surface area contributed by atoms with Crippen molar-refractivity contribution < 1.29 is 14.6 Å². The number of benzene rings is 2. The fraction of sp³-hybridized carbons (Fsp3) is 0.235. The zero-order valence-electron chi connectivity index (χ0n) is 11.8. The predicted molar refractivity (Wildman–Crippen MR) is 81.0 cm³/mol. The van der Waals surface area contributed by atoms with Gasteiger partial charge in [-0.2, -0.15) is 0 Å². The molecule has 2 aromatic rings. The van der Waals surface area contributed by atoms with Crippen LogP contribution in [0.1, 0.15) is 11.1 Å². The van der Waals surface area contributed by atoms with Crippen molar-refractivity contribution in [1.82, 2.24) is 5.32 Å². The lowest BCUT2D eigenvalue weighted by Crippen LogP contribution is -2.28. The van der Waals surface area contributed by atoms with Gasteiger partial charge in [0.25, 0.3) is 0 Å². The van der Waals surface area contributed by atoms with Gasteiger partial charge in [0.2, 0.25) is 5.91 Å². The summed E-state index contributed by atoms with van der Waals surface area (Å²) in [5, 5.41) is 11.2. The van der Waals surface area contributed by atoms with Crippen LogP contribution >= 0.6 is 0 Å². The Morgan fingerprint density at radius 1 is 1.00 bits per heavy atom. The minimum Gasteiger partial charge on any atom is -0.489 e. The second-order valence-electron chi connectivity index (χ2n) is 4.68. The van der Waals surface area contributed by atoms with E-state index in [1.165, 1.54) is 0 Å². The first-order valence-electron chi connectivity index (χ1n) is 6.91. The maximum atomic E-state index is 10.9. The van der Waals surface area contributed by atoms with Crippen LogP contribution < -0.4 is 10.1 Å². The van der Waals surface area contributed by atoms with Gasteiger partial charge in [-0.25, -0.2) is 0 Å². The maximum Gasteiger partial charge on any atom is 0.245 e. The van der Waals surface area contributed by atoms with E-state index in [1.807, 2.05) is 54.6 Å². The zero-order chi connectivity index (χ0) is 14.9. The van der Waals surface area contributed by atoms with Crippen molar-refractivity contribution in [2.24, 2.45) is 0 Å². The Bertz CT molecular complexity index is 552. The minimum absolute atomic E-state index is 0.349. The van der Waals surface area contributed by atoms with E-state index in [0.717, 1.165) is 23.3 Å². The molecule has 0 aliphatic carbocycles. The third-order valence-electron chi connectivity index (χ3n) is 3.05. The average molecular weight is 285 g/mol. The smallest absolute Gasteiger partial charge is 0.245 e. The number of nitrogens with one attached hydrogen (secondary N) is 1. The summed E-state index contributed by atoms with van der Waals surface area (Å²) in [5.74, 6) is 0.472. The third kappa shape index (κ3) is 5.28. The molecule has 0 unspecified atom stereocenters. The summed E-state index contributed by atoms with van der Waals surface area (Å²) < 4.78 is 5.70. The molecule has 2 N–H and O–H groups in total. The summed E-state index contributed by atoms with van der Waals surface area (Å²) in [6, 6.07) is 17.8. The molecule has 110 valence electrons. The predicted octanol–water partition coefficient (Wildman–Crippen LogP) is 1.92. The van der Waals surface area contributed by atoms with Crippen LogP contribution in [-0.4, -0.2) is 24.2 Å². The van der Waals surface area contributed by atoms with Crippen LogP contribution in [0.15, 0.2) is 54.6 Å². The molecule has 4 nitrogen and oxygen atoms in total. The molecule has 0 aromatic heterocycles. The fourth-order valence-electron chi connectivity index (χ4n) is 1.90. The van der Waals surface area contributed by atoms with Crippen LogP contribution in [0.5, 0.6) is 5.75 Å². The van der Waals surface area contributed by atoms with Crippen LogP contribution in [0, 0.1) is 0 Å². The highest BCUT2D eigenvalue weighted by Gasteiger charge is 1.99. The van der Waals surface area contributed by atoms with Gasteiger partial charge in [0.15, 0.2) is 0 Å². The number of ether oxygens (including phenoxy) is 1. The van der Waals surface area contributed by atoms with Gasteiger partial charge in [-0.3, -0.25) is 4.79 Å². The van der Waals surface area contributed by atoms with Crippen LogP contribution in [-0.2, 0) is 17.8 Å². The topological polar surface area (TPSA) is 58.6 Å². The first kappa shape index (κ1) is 15.1. The van der Waals surface area contributed by atoms with Crippen molar-refractivity contribution in [3.05, 3.63) is 65.7 Å². The SMILES string of the molecule is O=C(CO)NCCc1ccc(OCc2ccccc2)cc1. The lowest BCUT2D eigenvalue weighted by molar-refractivity contribution is -0.123. The van der Waals surface area contributed by atoms with Gasteiger partial charge < -0.3 is 15.2 Å². The Morgan fingerprint density at radius 2 is 1.71 bits per heavy atom. The first-order chi connectivity index (χ1) is 10.3. The first-order valence-corrected chi connectivity index (χ1v) is 6.91. The lowest BCUT2D eigenvalue weighted by atomic mass is 10.1. The van der Waals surface area contributed by atoms with Crippen molar-refractivity contribution in [3.63, 3.8) is 0 Å². The molecular formula is C17H19NO3. The van der Waals surface area contributed by atoms with Gasteiger partial charge >= 0.3 is 0 Å². The number of amides is 1. The Hall–Kier alpha value is -2.33. The summed E-state index contributed by atoms with van der Waals surface area (Å²) in [6.45, 7) is 0.600. The molecule has 0 spiro atoms. The summed E-state index contributed by atoms with van der Waals surface area (Å²) in [5.41, 5.74) is 2.24. The highest BCUT2D eigenvalue weighted by molar-refractivity contribution is 5.76. The van der Waals surface area contributed by atoms with Crippen molar-refractivity contribution in [2.45, 2.75) is 13.0 Å². The van der Waals surface area contributed by atoms with Crippen molar-refractivity contribution in [1.29, 1.82) is 0 Å². The van der Waals surface area contributed by atoms with Crippen LogP contribution in [0.3, 0.4) is 0 Å². The van der Waals surface area contributed by atoms with E-state index < -0.39 is 6.61 Å². The number of carbonyl (C=O) groups excluding carboxylic acids is 1. The Labute approximate surface area is 124 Å². The molecule has 0 saturated carbocycles. The molecular weight excluding hydrogens is 266 g/mol. The summed E-state index contributed by atoms with van der Waals surface area (Å²) in [6.07, 6.45) is 0.727. The molecule has 0 radical (unpaired) electrons. The van der Waals surface area contributed by atoms with E-state index in [2.05, 4.69) is 5.32 Å². The molecule has 4 heteroatoms. The molecule has 1 amide bonds. The van der Waals surface area contributed by atoms with Crippen LogP contribution in [0.25, 0.3) is 0 Å². The molecule has 0 saturated heterocycles. The number of carbonyl (C=O) groups is 1. The van der Waals surface area contributed by atoms with Crippen molar-refractivity contribution in [3.8, 4) is 5.75 Å². The average Bonchev–Trinajstić information content (AvgIpc) is 2.55. The quantitative estimate of drug-likeness (QED) is 0.817. The summed E-state index contributed by atoms with van der Waals surface area (Å²) >= 11 is 0. The normalized spacial score (nSPS) is 10.1. The van der Waals surface area contributed by atoms with Crippen molar-refractivity contribution >= 4 is 5.91 Å². The second kappa shape index (κ2) is 8.07. The second-order valence-corrected chi connectivity index (χ2v) is 4.68. The third-order valence-corrected chi connectivity index (χ3v) is 3.05. The van der Waals surface area contributed by atoms with Crippen molar-refractivity contribution in [2.75, 3.05) is 13.2 Å². The molecule has 2 rings (SSSR count). The van der Waals surface area contributed by atoms with E-state index in [4.69, 9.17) is 9.84 Å². The highest BCUT2D eigenvalue weighted by atomic mass is 16.5. The Morgan fingerprint density at radius 3 is 2.38 bits per heavy atom. The summed E-state index contributed by atoms with van der Waals surface area (Å²) in [7, 11) is 0. The highest BCUT2D eigenvalue weighted by Crippen LogP contribution is 2.14. The van der Waals surface area contributed by atoms with Gasteiger partial charge in [-0.15, -0.1) is 0 Å². The molecule has 0 heterocycles. The Kier molecular flexibility index (Phi) is 5.79. The molecule has 0 atom stereocenters. The Balaban J connectivity index is 1.78. The number of aliphatic hydroxyl groups excluding tert-OH is 1. The number of rotatable bonds is 7. The molecule has 0 aliphatic heterocycles. The van der Waals surface area contributed by atoms with E-state index >= 15 is 0 Å². The fourth-order valence-corrected chi connectivity index (χ4v) is 1.90. The number of aliphatic hydroxyl groups is 1. The standard InChI is InChI=1S/C17H19NO3/c19-12-17(20)18-11-10-14-6-8-16(9-7-14)21-13-15-4-2-1-3-5-15/h1-9,19H,10-13H2,(H,18,20). The minimum atomic E-state index is -0.466.